The molecule has 2 heterocycles. The number of halogens is 3. The fraction of sp³-hybridized carbons (Fsp3) is 0.294. The van der Waals surface area contributed by atoms with E-state index in [-0.39, 0.29) is 24.5 Å². The van der Waals surface area contributed by atoms with E-state index in [0.29, 0.717) is 0 Å². The molecule has 0 N–H and O–H groups in total. The molecule has 2 aromatic rings. The molecule has 1 aliphatic rings. The van der Waals surface area contributed by atoms with Gasteiger partial charge in [-0.1, -0.05) is 6.07 Å². The predicted molar refractivity (Wildman–Crippen MR) is 83.0 cm³/mol. The van der Waals surface area contributed by atoms with Crippen LogP contribution in [0.2, 0.25) is 0 Å². The van der Waals surface area contributed by atoms with Gasteiger partial charge in [-0.2, -0.15) is 13.2 Å². The number of benzene rings is 1. The molecule has 3 rings (SSSR count). The quantitative estimate of drug-likeness (QED) is 0.834. The minimum absolute atomic E-state index is 0.108. The Labute approximate surface area is 141 Å². The van der Waals surface area contributed by atoms with Gasteiger partial charge in [-0.15, -0.1) is 0 Å². The van der Waals surface area contributed by atoms with Crippen LogP contribution in [0.4, 0.5) is 18.9 Å². The van der Waals surface area contributed by atoms with Crippen LogP contribution in [0.1, 0.15) is 23.0 Å². The molecule has 8 heteroatoms. The zero-order valence-electron chi connectivity index (χ0n) is 13.3. The number of anilines is 1. The van der Waals surface area contributed by atoms with Crippen LogP contribution in [-0.4, -0.2) is 35.8 Å². The maximum absolute atomic E-state index is 12.9. The van der Waals surface area contributed by atoms with E-state index >= 15 is 0 Å². The first-order valence-electron chi connectivity index (χ1n) is 7.62. The summed E-state index contributed by atoms with van der Waals surface area (Å²) in [4.78, 5) is 27.6. The van der Waals surface area contributed by atoms with Gasteiger partial charge in [0.2, 0.25) is 5.91 Å². The monoisotopic (exact) mass is 352 g/mol. The highest BCUT2D eigenvalue weighted by Gasteiger charge is 2.37. The van der Waals surface area contributed by atoms with Crippen molar-refractivity contribution in [3.8, 4) is 0 Å². The van der Waals surface area contributed by atoms with E-state index in [4.69, 9.17) is 4.42 Å². The molecule has 0 bridgehead atoms. The van der Waals surface area contributed by atoms with Gasteiger partial charge in [0, 0.05) is 18.8 Å². The van der Waals surface area contributed by atoms with Crippen LogP contribution < -0.4 is 4.90 Å². The smallest absolute Gasteiger partial charge is 0.416 e. The first kappa shape index (κ1) is 17.1. The Bertz CT molecular complexity index is 787. The molecule has 1 atom stereocenters. The van der Waals surface area contributed by atoms with Gasteiger partial charge in [0.1, 0.15) is 6.04 Å². The maximum atomic E-state index is 12.9. The second kappa shape index (κ2) is 6.27. The third kappa shape index (κ3) is 3.24. The molecule has 0 radical (unpaired) electrons. The number of nitrogens with zero attached hydrogens (tertiary/aromatic N) is 2. The third-order valence-corrected chi connectivity index (χ3v) is 4.13. The van der Waals surface area contributed by atoms with Crippen molar-refractivity contribution in [1.29, 1.82) is 0 Å². The van der Waals surface area contributed by atoms with Gasteiger partial charge in [0.15, 0.2) is 5.76 Å². The maximum Gasteiger partial charge on any atom is 0.416 e. The van der Waals surface area contributed by atoms with E-state index in [1.807, 2.05) is 0 Å². The number of amides is 2. The van der Waals surface area contributed by atoms with Crippen molar-refractivity contribution in [1.82, 2.24) is 4.90 Å². The normalized spacial score (nSPS) is 18.6. The van der Waals surface area contributed by atoms with Crippen molar-refractivity contribution in [2.75, 3.05) is 18.0 Å². The number of hydrogen-bond donors (Lipinski definition) is 0. The average Bonchev–Trinajstić information content (AvgIpc) is 3.10. The van der Waals surface area contributed by atoms with E-state index in [2.05, 4.69) is 0 Å². The Morgan fingerprint density at radius 3 is 2.60 bits per heavy atom. The number of carbonyl (C=O) groups is 2. The van der Waals surface area contributed by atoms with Crippen LogP contribution >= 0.6 is 0 Å². The Morgan fingerprint density at radius 1 is 1.20 bits per heavy atom. The highest BCUT2D eigenvalue weighted by atomic mass is 19.4. The number of alkyl halides is 3. The standard InChI is InChI=1S/C17H15F3N2O3/c1-11-15(23)22(13-5-2-4-12(10-13)17(18,19)20)8-7-21(11)16(24)14-6-3-9-25-14/h2-6,9-11H,7-8H2,1H3. The van der Waals surface area contributed by atoms with E-state index < -0.39 is 29.6 Å². The van der Waals surface area contributed by atoms with E-state index in [9.17, 15) is 22.8 Å². The summed E-state index contributed by atoms with van der Waals surface area (Å²) in [5.41, 5.74) is -0.656. The van der Waals surface area contributed by atoms with Crippen molar-refractivity contribution < 1.29 is 27.2 Å². The Balaban J connectivity index is 1.82. The average molecular weight is 352 g/mol. The molecule has 1 aliphatic heterocycles. The largest absolute Gasteiger partial charge is 0.459 e. The predicted octanol–water partition coefficient (Wildman–Crippen LogP) is 3.18. The molecule has 1 saturated heterocycles. The highest BCUT2D eigenvalue weighted by Crippen LogP contribution is 2.32. The molecule has 1 aromatic carbocycles. The van der Waals surface area contributed by atoms with E-state index in [1.54, 1.807) is 13.0 Å². The molecule has 132 valence electrons. The lowest BCUT2D eigenvalue weighted by molar-refractivity contribution is -0.137. The minimum atomic E-state index is -4.48. The topological polar surface area (TPSA) is 53.8 Å². The first-order valence-corrected chi connectivity index (χ1v) is 7.62. The summed E-state index contributed by atoms with van der Waals surface area (Å²) in [5.74, 6) is -0.743. The third-order valence-electron chi connectivity index (χ3n) is 4.13. The molecule has 25 heavy (non-hydrogen) atoms. The van der Waals surface area contributed by atoms with Gasteiger partial charge in [-0.3, -0.25) is 9.59 Å². The molecule has 1 aromatic heterocycles. The molecular formula is C17H15F3N2O3. The fourth-order valence-electron chi connectivity index (χ4n) is 2.80. The van der Waals surface area contributed by atoms with Gasteiger partial charge in [-0.05, 0) is 37.3 Å². The summed E-state index contributed by atoms with van der Waals surface area (Å²) in [6.07, 6.45) is -3.12. The summed E-state index contributed by atoms with van der Waals surface area (Å²) in [6.45, 7) is 1.85. The number of hydrogen-bond acceptors (Lipinski definition) is 3. The molecule has 5 nitrogen and oxygen atoms in total. The lowest BCUT2D eigenvalue weighted by atomic mass is 10.1. The van der Waals surface area contributed by atoms with Crippen molar-refractivity contribution >= 4 is 17.5 Å². The van der Waals surface area contributed by atoms with E-state index in [1.165, 1.54) is 34.3 Å². The molecule has 2 amide bonds. The number of rotatable bonds is 2. The number of furan rings is 1. The van der Waals surface area contributed by atoms with Gasteiger partial charge < -0.3 is 14.2 Å². The zero-order chi connectivity index (χ0) is 18.2. The van der Waals surface area contributed by atoms with Crippen molar-refractivity contribution in [2.45, 2.75) is 19.1 Å². The van der Waals surface area contributed by atoms with Crippen LogP contribution in [-0.2, 0) is 11.0 Å². The fourth-order valence-corrected chi connectivity index (χ4v) is 2.80. The lowest BCUT2D eigenvalue weighted by Gasteiger charge is -2.38. The molecule has 1 unspecified atom stereocenters. The van der Waals surface area contributed by atoms with Crippen LogP contribution in [0.15, 0.2) is 47.1 Å². The highest BCUT2D eigenvalue weighted by molar-refractivity contribution is 6.02. The van der Waals surface area contributed by atoms with E-state index in [0.717, 1.165) is 12.1 Å². The Morgan fingerprint density at radius 2 is 1.96 bits per heavy atom. The SMILES string of the molecule is CC1C(=O)N(c2cccc(C(F)(F)F)c2)CCN1C(=O)c1ccco1. The minimum Gasteiger partial charge on any atom is -0.459 e. The van der Waals surface area contributed by atoms with Crippen LogP contribution in [0.5, 0.6) is 0 Å². The van der Waals surface area contributed by atoms with Crippen LogP contribution in [0, 0.1) is 0 Å². The Hall–Kier alpha value is -2.77. The van der Waals surface area contributed by atoms with Crippen LogP contribution in [0.25, 0.3) is 0 Å². The summed E-state index contributed by atoms with van der Waals surface area (Å²) >= 11 is 0. The number of carbonyl (C=O) groups excluding carboxylic acids is 2. The van der Waals surface area contributed by atoms with Crippen molar-refractivity contribution in [3.63, 3.8) is 0 Å². The van der Waals surface area contributed by atoms with Crippen molar-refractivity contribution in [2.24, 2.45) is 0 Å². The summed E-state index contributed by atoms with van der Waals surface area (Å²) in [7, 11) is 0. The van der Waals surface area contributed by atoms with Crippen LogP contribution in [0.3, 0.4) is 0 Å². The number of piperazine rings is 1. The van der Waals surface area contributed by atoms with Crippen molar-refractivity contribution in [3.05, 3.63) is 54.0 Å². The van der Waals surface area contributed by atoms with Gasteiger partial charge in [0.05, 0.1) is 11.8 Å². The van der Waals surface area contributed by atoms with Gasteiger partial charge >= 0.3 is 6.18 Å². The molecule has 0 spiro atoms. The molecular weight excluding hydrogens is 337 g/mol. The summed E-state index contributed by atoms with van der Waals surface area (Å²) < 4.78 is 43.7. The summed E-state index contributed by atoms with van der Waals surface area (Å²) in [5, 5.41) is 0. The van der Waals surface area contributed by atoms with Gasteiger partial charge in [-0.25, -0.2) is 0 Å². The second-order valence-electron chi connectivity index (χ2n) is 5.69. The van der Waals surface area contributed by atoms with Gasteiger partial charge in [0.25, 0.3) is 5.91 Å². The molecule has 0 aliphatic carbocycles. The molecule has 0 saturated carbocycles. The second-order valence-corrected chi connectivity index (χ2v) is 5.69. The molecule has 1 fully saturated rings. The zero-order valence-corrected chi connectivity index (χ0v) is 13.3. The Kier molecular flexibility index (Phi) is 4.28. The first-order chi connectivity index (χ1) is 11.8. The lowest BCUT2D eigenvalue weighted by Crippen LogP contribution is -2.57. The summed E-state index contributed by atoms with van der Waals surface area (Å²) in [6, 6.07) is 6.86.